The second kappa shape index (κ2) is 10.6. The lowest BCUT2D eigenvalue weighted by molar-refractivity contribution is -0.116. The zero-order chi connectivity index (χ0) is 21.5. The zero-order valence-corrected chi connectivity index (χ0v) is 18.6. The average Bonchev–Trinajstić information content (AvgIpc) is 3.42. The molecule has 0 aliphatic carbocycles. The van der Waals surface area contributed by atoms with E-state index in [1.54, 1.807) is 16.7 Å². The van der Waals surface area contributed by atoms with Crippen LogP contribution in [0.3, 0.4) is 0 Å². The molecule has 3 heterocycles. The lowest BCUT2D eigenvalue weighted by atomic mass is 10.1. The van der Waals surface area contributed by atoms with Crippen LogP contribution in [-0.4, -0.2) is 48.0 Å². The Kier molecular flexibility index (Phi) is 7.42. The molecule has 0 saturated carbocycles. The second-order valence-corrected chi connectivity index (χ2v) is 9.11. The summed E-state index contributed by atoms with van der Waals surface area (Å²) in [5.74, 6) is -0.235. The molecule has 1 fully saturated rings. The summed E-state index contributed by atoms with van der Waals surface area (Å²) in [6.07, 6.45) is 0.482. The number of hydrogen-bond donors (Lipinski definition) is 2. The highest BCUT2D eigenvalue weighted by atomic mass is 32.1. The van der Waals surface area contributed by atoms with Crippen molar-refractivity contribution in [2.24, 2.45) is 0 Å². The van der Waals surface area contributed by atoms with Crippen LogP contribution in [-0.2, 0) is 33.7 Å². The molecule has 0 unspecified atom stereocenters. The number of thiophene rings is 1. The van der Waals surface area contributed by atoms with Crippen LogP contribution in [0.1, 0.15) is 16.1 Å². The van der Waals surface area contributed by atoms with E-state index >= 15 is 0 Å². The van der Waals surface area contributed by atoms with E-state index in [2.05, 4.69) is 20.5 Å². The summed E-state index contributed by atoms with van der Waals surface area (Å²) >= 11 is 2.88. The predicted molar refractivity (Wildman–Crippen MR) is 124 cm³/mol. The van der Waals surface area contributed by atoms with Crippen LogP contribution in [0.5, 0.6) is 0 Å². The van der Waals surface area contributed by atoms with Gasteiger partial charge < -0.3 is 15.4 Å². The van der Waals surface area contributed by atoms with Gasteiger partial charge in [-0.25, -0.2) is 4.98 Å². The van der Waals surface area contributed by atoms with Gasteiger partial charge in [-0.05, 0) is 23.1 Å². The van der Waals surface area contributed by atoms with Crippen LogP contribution < -0.4 is 10.6 Å². The van der Waals surface area contributed by atoms with Gasteiger partial charge in [-0.15, -0.1) is 22.7 Å². The van der Waals surface area contributed by atoms with E-state index in [9.17, 15) is 9.59 Å². The third kappa shape index (κ3) is 6.44. The van der Waals surface area contributed by atoms with E-state index in [1.807, 2.05) is 41.8 Å². The molecule has 0 spiro atoms. The summed E-state index contributed by atoms with van der Waals surface area (Å²) in [5.41, 5.74) is 2.54. The monoisotopic (exact) mass is 456 g/mol. The van der Waals surface area contributed by atoms with E-state index < -0.39 is 0 Å². The first kappa shape index (κ1) is 21.6. The maximum atomic E-state index is 12.6. The molecule has 2 N–H and O–H groups in total. The molecule has 31 heavy (non-hydrogen) atoms. The number of carbonyl (C=O) groups is 2. The van der Waals surface area contributed by atoms with Crippen molar-refractivity contribution >= 4 is 45.3 Å². The molecule has 4 rings (SSSR count). The molecule has 1 saturated heterocycles. The maximum Gasteiger partial charge on any atom is 0.231 e. The first-order chi connectivity index (χ1) is 15.2. The van der Waals surface area contributed by atoms with Crippen molar-refractivity contribution in [1.29, 1.82) is 0 Å². The highest BCUT2D eigenvalue weighted by molar-refractivity contribution is 7.14. The molecule has 1 aliphatic heterocycles. The van der Waals surface area contributed by atoms with Gasteiger partial charge in [0.25, 0.3) is 0 Å². The fourth-order valence-electron chi connectivity index (χ4n) is 3.32. The molecule has 0 bridgehead atoms. The largest absolute Gasteiger partial charge is 0.379 e. The van der Waals surface area contributed by atoms with Crippen LogP contribution in [0.25, 0.3) is 0 Å². The number of hydrogen-bond acceptors (Lipinski definition) is 7. The van der Waals surface area contributed by atoms with E-state index in [4.69, 9.17) is 4.74 Å². The number of amides is 2. The summed E-state index contributed by atoms with van der Waals surface area (Å²) in [6.45, 7) is 4.04. The summed E-state index contributed by atoms with van der Waals surface area (Å²) in [4.78, 5) is 32.4. The number of thiazole rings is 1. The van der Waals surface area contributed by atoms with Crippen LogP contribution in [0.2, 0.25) is 0 Å². The van der Waals surface area contributed by atoms with Gasteiger partial charge in [0, 0.05) is 35.6 Å². The minimum absolute atomic E-state index is 0.107. The standard InChI is InChI=1S/C22H24N4O3S2/c27-20(24-19-6-2-1-4-16(19)14-26-7-9-29-10-8-26)12-17-15-31-22(23-17)25-21(28)13-18-5-3-11-30-18/h1-6,11,15H,7-10,12-14H2,(H,24,27)(H,23,25,28). The first-order valence-electron chi connectivity index (χ1n) is 10.1. The Morgan fingerprint density at radius 1 is 1.00 bits per heavy atom. The molecular formula is C22H24N4O3S2. The summed E-state index contributed by atoms with van der Waals surface area (Å²) in [6, 6.07) is 11.7. The van der Waals surface area contributed by atoms with Gasteiger partial charge in [0.1, 0.15) is 0 Å². The van der Waals surface area contributed by atoms with Gasteiger partial charge in [0.2, 0.25) is 11.8 Å². The molecule has 162 valence electrons. The van der Waals surface area contributed by atoms with Crippen LogP contribution >= 0.6 is 22.7 Å². The van der Waals surface area contributed by atoms with Gasteiger partial charge in [0.15, 0.2) is 5.13 Å². The third-order valence-corrected chi connectivity index (χ3v) is 6.53. The van der Waals surface area contributed by atoms with Crippen LogP contribution in [0.15, 0.2) is 47.2 Å². The SMILES string of the molecule is O=C(Cc1cccs1)Nc1nc(CC(=O)Nc2ccccc2CN2CCOCC2)cs1. The van der Waals surface area contributed by atoms with Crippen molar-refractivity contribution in [1.82, 2.24) is 9.88 Å². The number of nitrogens with zero attached hydrogens (tertiary/aromatic N) is 2. The van der Waals surface area contributed by atoms with Crippen molar-refractivity contribution in [2.45, 2.75) is 19.4 Å². The van der Waals surface area contributed by atoms with Crippen molar-refractivity contribution in [2.75, 3.05) is 36.9 Å². The van der Waals surface area contributed by atoms with Gasteiger partial charge in [-0.3, -0.25) is 14.5 Å². The van der Waals surface area contributed by atoms with Crippen LogP contribution in [0.4, 0.5) is 10.8 Å². The zero-order valence-electron chi connectivity index (χ0n) is 17.0. The van der Waals surface area contributed by atoms with E-state index in [0.717, 1.165) is 49.0 Å². The van der Waals surface area contributed by atoms with Crippen molar-refractivity contribution in [3.05, 3.63) is 63.3 Å². The Morgan fingerprint density at radius 2 is 1.81 bits per heavy atom. The highest BCUT2D eigenvalue weighted by Gasteiger charge is 2.15. The van der Waals surface area contributed by atoms with Gasteiger partial charge in [-0.1, -0.05) is 24.3 Å². The molecule has 0 atom stereocenters. The first-order valence-corrected chi connectivity index (χ1v) is 11.9. The lowest BCUT2D eigenvalue weighted by Crippen LogP contribution is -2.35. The number of rotatable bonds is 8. The number of aromatic nitrogens is 1. The number of ether oxygens (including phenoxy) is 1. The lowest BCUT2D eigenvalue weighted by Gasteiger charge is -2.27. The van der Waals surface area contributed by atoms with Crippen molar-refractivity contribution in [3.63, 3.8) is 0 Å². The molecule has 1 aliphatic rings. The van der Waals surface area contributed by atoms with Crippen LogP contribution in [0, 0.1) is 0 Å². The Morgan fingerprint density at radius 3 is 2.61 bits per heavy atom. The minimum atomic E-state index is -0.129. The molecule has 0 radical (unpaired) electrons. The number of carbonyl (C=O) groups excluding carboxylic acids is 2. The smallest absolute Gasteiger partial charge is 0.231 e. The Hall–Kier alpha value is -2.59. The molecule has 3 aromatic rings. The Balaban J connectivity index is 1.30. The average molecular weight is 457 g/mol. The summed E-state index contributed by atoms with van der Waals surface area (Å²) in [7, 11) is 0. The molecule has 1 aromatic carbocycles. The van der Waals surface area contributed by atoms with E-state index in [0.29, 0.717) is 17.2 Å². The second-order valence-electron chi connectivity index (χ2n) is 7.22. The molecule has 2 aromatic heterocycles. The van der Waals surface area contributed by atoms with Gasteiger partial charge >= 0.3 is 0 Å². The normalized spacial score (nSPS) is 14.3. The Labute approximate surface area is 189 Å². The summed E-state index contributed by atoms with van der Waals surface area (Å²) < 4.78 is 5.41. The molecule has 7 nitrogen and oxygen atoms in total. The fourth-order valence-corrected chi connectivity index (χ4v) is 4.75. The summed E-state index contributed by atoms with van der Waals surface area (Å²) in [5, 5.41) is 10.1. The van der Waals surface area contributed by atoms with Gasteiger partial charge in [0.05, 0.1) is 31.7 Å². The van der Waals surface area contributed by atoms with Gasteiger partial charge in [-0.2, -0.15) is 0 Å². The highest BCUT2D eigenvalue weighted by Crippen LogP contribution is 2.20. The third-order valence-electron chi connectivity index (χ3n) is 4.84. The Bertz CT molecular complexity index is 1010. The predicted octanol–water partition coefficient (Wildman–Crippen LogP) is 3.40. The molecule has 2 amide bonds. The maximum absolute atomic E-state index is 12.6. The molecule has 9 heteroatoms. The van der Waals surface area contributed by atoms with E-state index in [1.165, 1.54) is 11.3 Å². The van der Waals surface area contributed by atoms with E-state index in [-0.39, 0.29) is 18.2 Å². The number of anilines is 2. The number of para-hydroxylation sites is 1. The number of benzene rings is 1. The topological polar surface area (TPSA) is 83.6 Å². The quantitative estimate of drug-likeness (QED) is 0.543. The number of nitrogens with one attached hydrogen (secondary N) is 2. The van der Waals surface area contributed by atoms with Crippen molar-refractivity contribution in [3.8, 4) is 0 Å². The molecular weight excluding hydrogens is 432 g/mol. The minimum Gasteiger partial charge on any atom is -0.379 e. The number of morpholine rings is 1. The van der Waals surface area contributed by atoms with Crippen molar-refractivity contribution < 1.29 is 14.3 Å². The fraction of sp³-hybridized carbons (Fsp3) is 0.318.